The van der Waals surface area contributed by atoms with E-state index in [1.807, 2.05) is 29.2 Å². The summed E-state index contributed by atoms with van der Waals surface area (Å²) in [7, 11) is 0. The van der Waals surface area contributed by atoms with Gasteiger partial charge in [-0.2, -0.15) is 0 Å². The van der Waals surface area contributed by atoms with Crippen LogP contribution in [0.5, 0.6) is 0 Å². The number of benzene rings is 1. The Bertz CT molecular complexity index is 692. The molecule has 2 aromatic rings. The quantitative estimate of drug-likeness (QED) is 0.878. The van der Waals surface area contributed by atoms with Crippen LogP contribution in [0.1, 0.15) is 31.7 Å². The first kappa shape index (κ1) is 14.1. The molecular weight excluding hydrogens is 266 g/mol. The fourth-order valence-electron chi connectivity index (χ4n) is 3.32. The third kappa shape index (κ3) is 2.44. The van der Waals surface area contributed by atoms with E-state index >= 15 is 0 Å². The van der Waals surface area contributed by atoms with Crippen molar-refractivity contribution >= 4 is 16.7 Å². The van der Waals surface area contributed by atoms with E-state index in [0.717, 1.165) is 43.2 Å². The maximum atomic E-state index is 12.5. The van der Waals surface area contributed by atoms with Gasteiger partial charge in [0.05, 0.1) is 12.6 Å². The Labute approximate surface area is 124 Å². The standard InChI is InChI=1S/C17H21NO3/c1-2-6-14-13-8-3-4-9-15(13)21-17(20)16(14)18-10-5-7-12(18)11-19/h3-4,8-9,12,19H,2,5-7,10-11H2,1H3. The molecule has 1 saturated heterocycles. The number of aryl methyl sites for hydroxylation is 1. The van der Waals surface area contributed by atoms with Gasteiger partial charge < -0.3 is 14.4 Å². The smallest absolute Gasteiger partial charge is 0.360 e. The molecule has 1 aromatic heterocycles. The van der Waals surface area contributed by atoms with Gasteiger partial charge in [-0.25, -0.2) is 4.79 Å². The average molecular weight is 287 g/mol. The van der Waals surface area contributed by atoms with Crippen molar-refractivity contribution in [2.75, 3.05) is 18.1 Å². The summed E-state index contributed by atoms with van der Waals surface area (Å²) in [5.74, 6) is 0. The maximum absolute atomic E-state index is 12.5. The summed E-state index contributed by atoms with van der Waals surface area (Å²) in [5, 5.41) is 10.6. The summed E-state index contributed by atoms with van der Waals surface area (Å²) in [6, 6.07) is 7.74. The van der Waals surface area contributed by atoms with E-state index in [9.17, 15) is 9.90 Å². The van der Waals surface area contributed by atoms with Crippen LogP contribution in [-0.4, -0.2) is 24.3 Å². The third-order valence-electron chi connectivity index (χ3n) is 4.27. The molecule has 2 heterocycles. The summed E-state index contributed by atoms with van der Waals surface area (Å²) in [6.45, 7) is 3.00. The predicted molar refractivity (Wildman–Crippen MR) is 83.9 cm³/mol. The normalized spacial score (nSPS) is 18.6. The molecule has 0 bridgehead atoms. The van der Waals surface area contributed by atoms with Crippen molar-refractivity contribution in [1.82, 2.24) is 0 Å². The zero-order chi connectivity index (χ0) is 14.8. The second kappa shape index (κ2) is 5.90. The van der Waals surface area contributed by atoms with Crippen LogP contribution in [0, 0.1) is 0 Å². The Hall–Kier alpha value is -1.81. The second-order valence-corrected chi connectivity index (χ2v) is 5.63. The minimum atomic E-state index is -0.280. The van der Waals surface area contributed by atoms with E-state index in [1.165, 1.54) is 0 Å². The van der Waals surface area contributed by atoms with Gasteiger partial charge in [-0.1, -0.05) is 31.5 Å². The lowest BCUT2D eigenvalue weighted by molar-refractivity contribution is 0.266. The second-order valence-electron chi connectivity index (χ2n) is 5.63. The van der Waals surface area contributed by atoms with Crippen molar-refractivity contribution in [3.63, 3.8) is 0 Å². The molecule has 0 amide bonds. The lowest BCUT2D eigenvalue weighted by atomic mass is 10.0. The molecule has 0 saturated carbocycles. The Morgan fingerprint density at radius 1 is 1.38 bits per heavy atom. The fraction of sp³-hybridized carbons (Fsp3) is 0.471. The molecule has 112 valence electrons. The van der Waals surface area contributed by atoms with Gasteiger partial charge in [-0.3, -0.25) is 0 Å². The first-order valence-electron chi connectivity index (χ1n) is 7.68. The maximum Gasteiger partial charge on any atom is 0.360 e. The molecule has 1 aromatic carbocycles. The molecule has 3 rings (SSSR count). The molecule has 4 nitrogen and oxygen atoms in total. The molecule has 4 heteroatoms. The number of nitrogens with zero attached hydrogens (tertiary/aromatic N) is 1. The first-order chi connectivity index (χ1) is 10.3. The van der Waals surface area contributed by atoms with Crippen LogP contribution in [0.15, 0.2) is 33.5 Å². The molecule has 1 fully saturated rings. The number of rotatable bonds is 4. The highest BCUT2D eigenvalue weighted by atomic mass is 16.4. The van der Waals surface area contributed by atoms with Gasteiger partial charge in [0.2, 0.25) is 0 Å². The third-order valence-corrected chi connectivity index (χ3v) is 4.27. The van der Waals surface area contributed by atoms with Crippen molar-refractivity contribution in [3.05, 3.63) is 40.2 Å². The van der Waals surface area contributed by atoms with Crippen LogP contribution in [-0.2, 0) is 6.42 Å². The largest absolute Gasteiger partial charge is 0.421 e. The molecule has 0 aliphatic carbocycles. The highest BCUT2D eigenvalue weighted by Gasteiger charge is 2.29. The summed E-state index contributed by atoms with van der Waals surface area (Å²) in [6.07, 6.45) is 3.74. The van der Waals surface area contributed by atoms with E-state index in [0.29, 0.717) is 11.3 Å². The Morgan fingerprint density at radius 2 is 2.19 bits per heavy atom. The molecule has 1 unspecified atom stereocenters. The number of aliphatic hydroxyl groups is 1. The number of fused-ring (bicyclic) bond motifs is 1. The van der Waals surface area contributed by atoms with Crippen molar-refractivity contribution in [3.8, 4) is 0 Å². The Kier molecular flexibility index (Phi) is 3.97. The van der Waals surface area contributed by atoms with E-state index in [-0.39, 0.29) is 18.3 Å². The first-order valence-corrected chi connectivity index (χ1v) is 7.68. The van der Waals surface area contributed by atoms with E-state index in [1.54, 1.807) is 0 Å². The molecule has 0 spiro atoms. The van der Waals surface area contributed by atoms with E-state index < -0.39 is 0 Å². The lowest BCUT2D eigenvalue weighted by Gasteiger charge is -2.26. The van der Waals surface area contributed by atoms with Gasteiger partial charge in [0.1, 0.15) is 11.3 Å². The van der Waals surface area contributed by atoms with E-state index in [4.69, 9.17) is 4.42 Å². The van der Waals surface area contributed by atoms with Gasteiger partial charge in [0.25, 0.3) is 0 Å². The summed E-state index contributed by atoms with van der Waals surface area (Å²) in [5.41, 5.74) is 2.09. The average Bonchev–Trinajstić information content (AvgIpc) is 2.95. The number of anilines is 1. The number of hydrogen-bond acceptors (Lipinski definition) is 4. The fourth-order valence-corrected chi connectivity index (χ4v) is 3.32. The summed E-state index contributed by atoms with van der Waals surface area (Å²) < 4.78 is 5.51. The summed E-state index contributed by atoms with van der Waals surface area (Å²) in [4.78, 5) is 14.5. The van der Waals surface area contributed by atoms with Crippen LogP contribution >= 0.6 is 0 Å². The Morgan fingerprint density at radius 3 is 2.95 bits per heavy atom. The van der Waals surface area contributed by atoms with Gasteiger partial charge in [0.15, 0.2) is 0 Å². The van der Waals surface area contributed by atoms with Crippen molar-refractivity contribution in [2.24, 2.45) is 0 Å². The SMILES string of the molecule is CCCc1c(N2CCCC2CO)c(=O)oc2ccccc12. The minimum absolute atomic E-state index is 0.0321. The van der Waals surface area contributed by atoms with Gasteiger partial charge >= 0.3 is 5.63 Å². The highest BCUT2D eigenvalue weighted by Crippen LogP contribution is 2.31. The number of para-hydroxylation sites is 1. The van der Waals surface area contributed by atoms with Crippen LogP contribution in [0.4, 0.5) is 5.69 Å². The number of aliphatic hydroxyl groups excluding tert-OH is 1. The molecule has 1 aliphatic heterocycles. The molecular formula is C17H21NO3. The summed E-state index contributed by atoms with van der Waals surface area (Å²) >= 11 is 0. The zero-order valence-corrected chi connectivity index (χ0v) is 12.3. The predicted octanol–water partition coefficient (Wildman–Crippen LogP) is 2.71. The van der Waals surface area contributed by atoms with Gasteiger partial charge in [-0.15, -0.1) is 0 Å². The molecule has 0 radical (unpaired) electrons. The van der Waals surface area contributed by atoms with E-state index in [2.05, 4.69) is 6.92 Å². The van der Waals surface area contributed by atoms with Crippen LogP contribution in [0.3, 0.4) is 0 Å². The molecule has 1 atom stereocenters. The molecule has 1 aliphatic rings. The van der Waals surface area contributed by atoms with Gasteiger partial charge in [-0.05, 0) is 30.9 Å². The lowest BCUT2D eigenvalue weighted by Crippen LogP contribution is -2.36. The number of hydrogen-bond donors (Lipinski definition) is 1. The Balaban J connectivity index is 2.23. The van der Waals surface area contributed by atoms with Crippen molar-refractivity contribution < 1.29 is 9.52 Å². The minimum Gasteiger partial charge on any atom is -0.421 e. The van der Waals surface area contributed by atoms with Crippen molar-refractivity contribution in [1.29, 1.82) is 0 Å². The van der Waals surface area contributed by atoms with Crippen LogP contribution in [0.2, 0.25) is 0 Å². The highest BCUT2D eigenvalue weighted by molar-refractivity contribution is 5.85. The topological polar surface area (TPSA) is 53.7 Å². The van der Waals surface area contributed by atoms with Crippen LogP contribution in [0.25, 0.3) is 11.0 Å². The molecule has 1 N–H and O–H groups in total. The zero-order valence-electron chi connectivity index (χ0n) is 12.3. The molecule has 21 heavy (non-hydrogen) atoms. The van der Waals surface area contributed by atoms with Crippen LogP contribution < -0.4 is 10.5 Å². The van der Waals surface area contributed by atoms with Crippen molar-refractivity contribution in [2.45, 2.75) is 38.6 Å². The van der Waals surface area contributed by atoms with Gasteiger partial charge in [0, 0.05) is 11.9 Å². The monoisotopic (exact) mass is 287 g/mol.